The number of rotatable bonds is 44. The Bertz CT molecular complexity index is 1120. The lowest BCUT2D eigenvalue weighted by Gasteiger charge is -2.41. The summed E-state index contributed by atoms with van der Waals surface area (Å²) in [6.07, 6.45) is 34.3. The van der Waals surface area contributed by atoms with E-state index in [0.29, 0.717) is 6.42 Å². The van der Waals surface area contributed by atoms with Crippen LogP contribution in [0.15, 0.2) is 12.2 Å². The smallest absolute Gasteiger partial charge is 0.387 e. The second kappa shape index (κ2) is 40.2. The highest BCUT2D eigenvalue weighted by atomic mass is 31.2. The van der Waals surface area contributed by atoms with Crippen LogP contribution in [0.1, 0.15) is 245 Å². The molecule has 0 bridgehead atoms. The van der Waals surface area contributed by atoms with Gasteiger partial charge in [-0.1, -0.05) is 231 Å². The third-order valence-corrected chi connectivity index (χ3v) is 13.8. The first kappa shape index (κ1) is 60.1. The minimum absolute atomic E-state index is 0.219. The molecule has 1 rings (SSSR count). The molecular formula is C50H98NO11P. The highest BCUT2D eigenvalue weighted by Gasteiger charge is 2.51. The molecule has 0 radical (unpaired) electrons. The van der Waals surface area contributed by atoms with Gasteiger partial charge in [0.1, 0.15) is 36.6 Å². The number of aliphatic hydroxyl groups is 6. The van der Waals surface area contributed by atoms with E-state index in [1.807, 2.05) is 6.08 Å². The number of unbranched alkanes of at least 4 members (excludes halogenated alkanes) is 33. The Morgan fingerprint density at radius 2 is 0.841 bits per heavy atom. The average molecular weight is 920 g/mol. The SMILES string of the molecule is CCCCCCCCCCCCCC/C=C/[C@@H](O)[C@H](COP(=O)(O)OC1C(O)C(O)C(O)[C@@H](O)C1O)NC(=O)CCCCCCCCCCCCCCCCCCCCCCCC. The van der Waals surface area contributed by atoms with E-state index in [4.69, 9.17) is 9.05 Å². The molecule has 0 saturated heterocycles. The van der Waals surface area contributed by atoms with Crippen LogP contribution >= 0.6 is 7.82 Å². The highest BCUT2D eigenvalue weighted by molar-refractivity contribution is 7.47. The van der Waals surface area contributed by atoms with Crippen molar-refractivity contribution >= 4 is 13.7 Å². The molecule has 0 aliphatic heterocycles. The standard InChI is InChI=1S/C50H98NO11P/c1-3-5-7-9-11-13-15-17-19-20-21-22-23-24-25-26-28-30-32-34-36-38-40-44(53)51-42(41-61-63(59,60)62-50-48(57)46(55)45(54)47(56)49(50)58)43(52)39-37-35-33-31-29-27-18-16-14-12-10-8-6-4-2/h37,39,42-43,45-50,52,54-58H,3-36,38,40-41H2,1-2H3,(H,51,53)(H,59,60)/b39-37+/t42-,43+,45?,46+,47?,48?,49?,50?/m0/s1. The molecule has 1 aliphatic carbocycles. The number of carbonyl (C=O) groups excluding carboxylic acids is 1. The third-order valence-electron chi connectivity index (χ3n) is 12.8. The van der Waals surface area contributed by atoms with E-state index in [9.17, 15) is 44.9 Å². The monoisotopic (exact) mass is 920 g/mol. The molecule has 0 aromatic rings. The van der Waals surface area contributed by atoms with Gasteiger partial charge in [0, 0.05) is 6.42 Å². The zero-order valence-corrected chi connectivity index (χ0v) is 41.0. The van der Waals surface area contributed by atoms with Crippen LogP contribution in [0.5, 0.6) is 0 Å². The largest absolute Gasteiger partial charge is 0.472 e. The number of carbonyl (C=O) groups is 1. The maximum atomic E-state index is 13.0. The Kier molecular flexibility index (Phi) is 38.3. The Balaban J connectivity index is 2.38. The van der Waals surface area contributed by atoms with Crippen molar-refractivity contribution in [1.82, 2.24) is 5.32 Å². The molecule has 8 N–H and O–H groups in total. The van der Waals surface area contributed by atoms with Crippen molar-refractivity contribution in [2.75, 3.05) is 6.61 Å². The second-order valence-electron chi connectivity index (χ2n) is 18.7. The van der Waals surface area contributed by atoms with Gasteiger partial charge in [-0.2, -0.15) is 0 Å². The molecule has 13 heteroatoms. The van der Waals surface area contributed by atoms with E-state index in [1.165, 1.54) is 179 Å². The molecule has 374 valence electrons. The van der Waals surface area contributed by atoms with Gasteiger partial charge in [-0.25, -0.2) is 4.57 Å². The van der Waals surface area contributed by atoms with Crippen molar-refractivity contribution in [3.05, 3.63) is 12.2 Å². The van der Waals surface area contributed by atoms with Gasteiger partial charge in [0.2, 0.25) is 5.91 Å². The summed E-state index contributed by atoms with van der Waals surface area (Å²) in [6, 6.07) is -1.11. The van der Waals surface area contributed by atoms with Crippen molar-refractivity contribution < 1.29 is 53.9 Å². The van der Waals surface area contributed by atoms with Crippen molar-refractivity contribution in [3.63, 3.8) is 0 Å². The minimum atomic E-state index is -5.08. The number of nitrogens with one attached hydrogen (secondary N) is 1. The molecule has 1 fully saturated rings. The quantitative estimate of drug-likeness (QED) is 0.0164. The summed E-state index contributed by atoms with van der Waals surface area (Å²) in [7, 11) is -5.08. The molecule has 9 atom stereocenters. The number of phosphoric ester groups is 1. The predicted octanol–water partition coefficient (Wildman–Crippen LogP) is 10.8. The fraction of sp³-hybridized carbons (Fsp3) is 0.940. The van der Waals surface area contributed by atoms with E-state index in [2.05, 4.69) is 19.2 Å². The molecule has 0 aromatic heterocycles. The molecule has 0 aromatic carbocycles. The van der Waals surface area contributed by atoms with E-state index in [1.54, 1.807) is 0 Å². The van der Waals surface area contributed by atoms with E-state index in [0.717, 1.165) is 44.9 Å². The predicted molar refractivity (Wildman–Crippen MR) is 255 cm³/mol. The summed E-state index contributed by atoms with van der Waals surface area (Å²) in [4.78, 5) is 23.4. The Morgan fingerprint density at radius 1 is 0.524 bits per heavy atom. The molecule has 1 amide bonds. The first-order valence-corrected chi connectivity index (χ1v) is 27.6. The van der Waals surface area contributed by atoms with Crippen molar-refractivity contribution in [2.24, 2.45) is 0 Å². The normalized spacial score (nSPS) is 22.4. The molecule has 6 unspecified atom stereocenters. The first-order valence-electron chi connectivity index (χ1n) is 26.1. The van der Waals surface area contributed by atoms with Gasteiger partial charge in [0.25, 0.3) is 0 Å². The zero-order valence-electron chi connectivity index (χ0n) is 40.1. The van der Waals surface area contributed by atoms with Crippen LogP contribution in [-0.2, 0) is 18.4 Å². The van der Waals surface area contributed by atoms with Crippen molar-refractivity contribution in [3.8, 4) is 0 Å². The summed E-state index contributed by atoms with van der Waals surface area (Å²) in [5.41, 5.74) is 0. The third kappa shape index (κ3) is 31.6. The number of hydrogen-bond donors (Lipinski definition) is 8. The van der Waals surface area contributed by atoms with E-state index >= 15 is 0 Å². The van der Waals surface area contributed by atoms with Gasteiger partial charge in [-0.15, -0.1) is 0 Å². The van der Waals surface area contributed by atoms with Gasteiger partial charge in [0.15, 0.2) is 0 Å². The van der Waals surface area contributed by atoms with Crippen LogP contribution in [0, 0.1) is 0 Å². The summed E-state index contributed by atoms with van der Waals surface area (Å²) in [5.74, 6) is -0.336. The Morgan fingerprint density at radius 3 is 1.21 bits per heavy atom. The lowest BCUT2D eigenvalue weighted by molar-refractivity contribution is -0.220. The average Bonchev–Trinajstić information content (AvgIpc) is 3.27. The number of phosphoric acid groups is 1. The number of amides is 1. The van der Waals surface area contributed by atoms with Crippen LogP contribution in [0.2, 0.25) is 0 Å². The van der Waals surface area contributed by atoms with Crippen molar-refractivity contribution in [1.29, 1.82) is 0 Å². The summed E-state index contributed by atoms with van der Waals surface area (Å²) >= 11 is 0. The summed E-state index contributed by atoms with van der Waals surface area (Å²) in [6.45, 7) is 3.87. The van der Waals surface area contributed by atoms with Gasteiger partial charge in [-0.3, -0.25) is 13.8 Å². The fourth-order valence-electron chi connectivity index (χ4n) is 8.55. The zero-order chi connectivity index (χ0) is 46.4. The number of hydrogen-bond acceptors (Lipinski definition) is 10. The maximum absolute atomic E-state index is 13.0. The molecule has 0 spiro atoms. The lowest BCUT2D eigenvalue weighted by Crippen LogP contribution is -2.64. The van der Waals surface area contributed by atoms with Gasteiger partial charge < -0.3 is 40.8 Å². The molecule has 1 saturated carbocycles. The van der Waals surface area contributed by atoms with Crippen LogP contribution in [0.4, 0.5) is 0 Å². The first-order chi connectivity index (χ1) is 30.4. The second-order valence-corrected chi connectivity index (χ2v) is 20.1. The highest BCUT2D eigenvalue weighted by Crippen LogP contribution is 2.47. The van der Waals surface area contributed by atoms with Crippen molar-refractivity contribution in [2.45, 2.75) is 294 Å². The van der Waals surface area contributed by atoms with Gasteiger partial charge >= 0.3 is 7.82 Å². The van der Waals surface area contributed by atoms with Gasteiger partial charge in [0.05, 0.1) is 18.8 Å². The van der Waals surface area contributed by atoms with Gasteiger partial charge in [-0.05, 0) is 19.3 Å². The van der Waals surface area contributed by atoms with E-state index in [-0.39, 0.29) is 12.3 Å². The van der Waals surface area contributed by atoms with Crippen LogP contribution in [-0.4, -0.2) is 96.8 Å². The number of aliphatic hydroxyl groups excluding tert-OH is 6. The fourth-order valence-corrected chi connectivity index (χ4v) is 9.52. The molecule has 12 nitrogen and oxygen atoms in total. The number of allylic oxidation sites excluding steroid dienone is 1. The molecule has 1 aliphatic rings. The summed E-state index contributed by atoms with van der Waals surface area (Å²) < 4.78 is 23.0. The van der Waals surface area contributed by atoms with Crippen LogP contribution in [0.25, 0.3) is 0 Å². The summed E-state index contributed by atoms with van der Waals surface area (Å²) in [5, 5.41) is 64.1. The van der Waals surface area contributed by atoms with E-state index < -0.39 is 63.2 Å². The molecular weight excluding hydrogens is 822 g/mol. The van der Waals surface area contributed by atoms with Crippen LogP contribution in [0.3, 0.4) is 0 Å². The molecule has 0 heterocycles. The lowest BCUT2D eigenvalue weighted by atomic mass is 9.85. The molecule has 63 heavy (non-hydrogen) atoms. The maximum Gasteiger partial charge on any atom is 0.472 e. The Hall–Kier alpha value is -0.920. The van der Waals surface area contributed by atoms with Crippen LogP contribution < -0.4 is 5.32 Å². The minimum Gasteiger partial charge on any atom is -0.387 e. The topological polar surface area (TPSA) is 206 Å². The Labute approximate surface area is 384 Å².